The predicted octanol–water partition coefficient (Wildman–Crippen LogP) is 1.63. The van der Waals surface area contributed by atoms with E-state index in [1.807, 2.05) is 37.0 Å². The summed E-state index contributed by atoms with van der Waals surface area (Å²) >= 11 is 3.56. The highest BCUT2D eigenvalue weighted by molar-refractivity contribution is 9.10. The molecule has 2 rings (SSSR count). The topological polar surface area (TPSA) is 68.8 Å². The summed E-state index contributed by atoms with van der Waals surface area (Å²) in [7, 11) is 1.93. The summed E-state index contributed by atoms with van der Waals surface area (Å²) < 4.78 is 2.91. The molecule has 2 heterocycles. The van der Waals surface area contributed by atoms with Crippen LogP contribution in [-0.4, -0.2) is 14.8 Å². The first-order valence-electron chi connectivity index (χ1n) is 5.67. The summed E-state index contributed by atoms with van der Waals surface area (Å²) in [6, 6.07) is 3.93. The maximum atomic E-state index is 5.64. The number of nitrogens with two attached hydrogens (primary N) is 1. The SMILES string of the molecule is Cc1nn(C)c(CC(NN)c2cccnc2)c1Br. The van der Waals surface area contributed by atoms with Crippen LogP contribution >= 0.6 is 15.9 Å². The van der Waals surface area contributed by atoms with Gasteiger partial charge in [0, 0.05) is 25.9 Å². The number of pyridine rings is 1. The number of hydrazine groups is 1. The number of nitrogens with one attached hydrogen (secondary N) is 1. The average Bonchev–Trinajstić information content (AvgIpc) is 2.62. The lowest BCUT2D eigenvalue weighted by Gasteiger charge is -2.16. The van der Waals surface area contributed by atoms with Gasteiger partial charge < -0.3 is 0 Å². The summed E-state index contributed by atoms with van der Waals surface area (Å²) in [5, 5.41) is 4.38. The molecule has 6 heteroatoms. The second-order valence-corrected chi connectivity index (χ2v) is 4.97. The number of hydrogen-bond donors (Lipinski definition) is 2. The Hall–Kier alpha value is -1.24. The van der Waals surface area contributed by atoms with E-state index in [4.69, 9.17) is 5.84 Å². The van der Waals surface area contributed by atoms with Crippen LogP contribution in [0.5, 0.6) is 0 Å². The minimum absolute atomic E-state index is 0.0183. The highest BCUT2D eigenvalue weighted by Gasteiger charge is 2.17. The predicted molar refractivity (Wildman–Crippen MR) is 73.7 cm³/mol. The van der Waals surface area contributed by atoms with Gasteiger partial charge in [-0.2, -0.15) is 5.10 Å². The first kappa shape index (κ1) is 13.2. The highest BCUT2D eigenvalue weighted by Crippen LogP contribution is 2.25. The van der Waals surface area contributed by atoms with Crippen molar-refractivity contribution in [3.8, 4) is 0 Å². The van der Waals surface area contributed by atoms with E-state index in [0.717, 1.165) is 27.8 Å². The first-order valence-corrected chi connectivity index (χ1v) is 6.46. The quantitative estimate of drug-likeness (QED) is 0.665. The van der Waals surface area contributed by atoms with Crippen LogP contribution in [0.25, 0.3) is 0 Å². The smallest absolute Gasteiger partial charge is 0.0738 e. The number of aromatic nitrogens is 3. The Morgan fingerprint density at radius 1 is 1.56 bits per heavy atom. The van der Waals surface area contributed by atoms with Gasteiger partial charge in [0.25, 0.3) is 0 Å². The van der Waals surface area contributed by atoms with E-state index in [9.17, 15) is 0 Å². The van der Waals surface area contributed by atoms with E-state index in [2.05, 4.69) is 31.4 Å². The molecule has 0 aliphatic carbocycles. The maximum Gasteiger partial charge on any atom is 0.0738 e. The number of halogens is 1. The zero-order chi connectivity index (χ0) is 13.1. The third kappa shape index (κ3) is 2.60. The van der Waals surface area contributed by atoms with Crippen molar-refractivity contribution in [3.05, 3.63) is 46.0 Å². The first-order chi connectivity index (χ1) is 8.63. The molecule has 0 spiro atoms. The third-order valence-corrected chi connectivity index (χ3v) is 3.98. The second-order valence-electron chi connectivity index (χ2n) is 4.18. The highest BCUT2D eigenvalue weighted by atomic mass is 79.9. The molecular formula is C12H16BrN5. The van der Waals surface area contributed by atoms with Crippen molar-refractivity contribution in [2.75, 3.05) is 0 Å². The standard InChI is InChI=1S/C12H16BrN5/c1-8-12(13)11(18(2)17-8)6-10(16-14)9-4-3-5-15-7-9/h3-5,7,10,16H,6,14H2,1-2H3. The van der Waals surface area contributed by atoms with E-state index in [-0.39, 0.29) is 6.04 Å². The van der Waals surface area contributed by atoms with Gasteiger partial charge in [0.05, 0.1) is 21.9 Å². The van der Waals surface area contributed by atoms with Crippen molar-refractivity contribution < 1.29 is 0 Å². The van der Waals surface area contributed by atoms with Crippen molar-refractivity contribution >= 4 is 15.9 Å². The van der Waals surface area contributed by atoms with Crippen LogP contribution in [0.4, 0.5) is 0 Å². The van der Waals surface area contributed by atoms with Gasteiger partial charge >= 0.3 is 0 Å². The summed E-state index contributed by atoms with van der Waals surface area (Å²) in [6.07, 6.45) is 4.32. The Kier molecular flexibility index (Phi) is 4.11. The maximum absolute atomic E-state index is 5.64. The van der Waals surface area contributed by atoms with Gasteiger partial charge in [-0.15, -0.1) is 0 Å². The fourth-order valence-corrected chi connectivity index (χ4v) is 2.45. The molecule has 2 aromatic rings. The summed E-state index contributed by atoms with van der Waals surface area (Å²) in [6.45, 7) is 1.97. The van der Waals surface area contributed by atoms with Gasteiger partial charge in [-0.3, -0.25) is 20.9 Å². The van der Waals surface area contributed by atoms with Gasteiger partial charge in [0.1, 0.15) is 0 Å². The molecule has 96 valence electrons. The number of rotatable bonds is 4. The van der Waals surface area contributed by atoms with Crippen molar-refractivity contribution in [2.24, 2.45) is 12.9 Å². The normalized spacial score (nSPS) is 12.7. The van der Waals surface area contributed by atoms with Gasteiger partial charge in [-0.25, -0.2) is 0 Å². The molecule has 0 saturated carbocycles. The molecule has 0 aliphatic rings. The molecule has 5 nitrogen and oxygen atoms in total. The Bertz CT molecular complexity index is 523. The number of nitrogens with zero attached hydrogens (tertiary/aromatic N) is 3. The van der Waals surface area contributed by atoms with Crippen molar-refractivity contribution in [1.29, 1.82) is 0 Å². The molecule has 0 saturated heterocycles. The van der Waals surface area contributed by atoms with E-state index in [1.165, 1.54) is 0 Å². The third-order valence-electron chi connectivity index (χ3n) is 2.95. The summed E-state index contributed by atoms with van der Waals surface area (Å²) in [5.74, 6) is 5.64. The Morgan fingerprint density at radius 3 is 2.83 bits per heavy atom. The monoisotopic (exact) mass is 309 g/mol. The Labute approximate surface area is 115 Å². The van der Waals surface area contributed by atoms with E-state index < -0.39 is 0 Å². The van der Waals surface area contributed by atoms with Gasteiger partial charge in [-0.05, 0) is 34.5 Å². The van der Waals surface area contributed by atoms with Crippen LogP contribution in [0, 0.1) is 6.92 Å². The van der Waals surface area contributed by atoms with Crippen molar-refractivity contribution in [1.82, 2.24) is 20.2 Å². The van der Waals surface area contributed by atoms with Crippen LogP contribution in [0.2, 0.25) is 0 Å². The molecule has 1 unspecified atom stereocenters. The van der Waals surface area contributed by atoms with Gasteiger partial charge in [0.15, 0.2) is 0 Å². The second kappa shape index (κ2) is 5.60. The zero-order valence-corrected chi connectivity index (χ0v) is 12.0. The van der Waals surface area contributed by atoms with Crippen LogP contribution < -0.4 is 11.3 Å². The summed E-state index contributed by atoms with van der Waals surface area (Å²) in [4.78, 5) is 4.12. The van der Waals surface area contributed by atoms with E-state index in [0.29, 0.717) is 0 Å². The molecule has 18 heavy (non-hydrogen) atoms. The van der Waals surface area contributed by atoms with Gasteiger partial charge in [0.2, 0.25) is 0 Å². The average molecular weight is 310 g/mol. The van der Waals surface area contributed by atoms with E-state index in [1.54, 1.807) is 6.20 Å². The van der Waals surface area contributed by atoms with Crippen LogP contribution in [-0.2, 0) is 13.5 Å². The molecule has 0 fully saturated rings. The largest absolute Gasteiger partial charge is 0.271 e. The molecule has 0 bridgehead atoms. The zero-order valence-electron chi connectivity index (χ0n) is 10.4. The number of hydrogen-bond acceptors (Lipinski definition) is 4. The lowest BCUT2D eigenvalue weighted by molar-refractivity contribution is 0.527. The molecule has 0 amide bonds. The van der Waals surface area contributed by atoms with Crippen LogP contribution in [0.3, 0.4) is 0 Å². The lowest BCUT2D eigenvalue weighted by atomic mass is 10.0. The number of aryl methyl sites for hydroxylation is 2. The van der Waals surface area contributed by atoms with Crippen LogP contribution in [0.1, 0.15) is 23.0 Å². The minimum Gasteiger partial charge on any atom is -0.271 e. The molecule has 0 aromatic carbocycles. The van der Waals surface area contributed by atoms with E-state index >= 15 is 0 Å². The molecule has 2 aromatic heterocycles. The molecule has 0 aliphatic heterocycles. The summed E-state index contributed by atoms with van der Waals surface area (Å²) in [5.41, 5.74) is 5.98. The molecular weight excluding hydrogens is 294 g/mol. The Balaban J connectivity index is 2.26. The minimum atomic E-state index is 0.0183. The molecule has 1 atom stereocenters. The fourth-order valence-electron chi connectivity index (χ4n) is 1.95. The van der Waals surface area contributed by atoms with Crippen LogP contribution in [0.15, 0.2) is 29.0 Å². The molecule has 0 radical (unpaired) electrons. The van der Waals surface area contributed by atoms with Crippen molar-refractivity contribution in [3.63, 3.8) is 0 Å². The fraction of sp³-hybridized carbons (Fsp3) is 0.333. The van der Waals surface area contributed by atoms with Gasteiger partial charge in [-0.1, -0.05) is 6.07 Å². The Morgan fingerprint density at radius 2 is 2.33 bits per heavy atom. The lowest BCUT2D eigenvalue weighted by Crippen LogP contribution is -2.30. The molecule has 3 N–H and O–H groups in total. The van der Waals surface area contributed by atoms with Crippen molar-refractivity contribution in [2.45, 2.75) is 19.4 Å².